The molecule has 0 saturated carbocycles. The Morgan fingerprint density at radius 1 is 1.11 bits per heavy atom. The number of amides is 1. The highest BCUT2D eigenvalue weighted by Crippen LogP contribution is 2.26. The molecule has 0 radical (unpaired) electrons. The largest absolute Gasteiger partial charge is 0.483 e. The van der Waals surface area contributed by atoms with Crippen LogP contribution in [-0.4, -0.2) is 27.3 Å². The van der Waals surface area contributed by atoms with Gasteiger partial charge in [0.25, 0.3) is 5.91 Å². The Morgan fingerprint density at radius 2 is 1.96 bits per heavy atom. The monoisotopic (exact) mass is 378 g/mol. The Kier molecular flexibility index (Phi) is 4.72. The minimum atomic E-state index is -0.299. The molecule has 0 aliphatic rings. The third kappa shape index (κ3) is 3.75. The molecule has 1 amide bonds. The molecule has 27 heavy (non-hydrogen) atoms. The summed E-state index contributed by atoms with van der Waals surface area (Å²) in [4.78, 5) is 16.4. The molecule has 1 heterocycles. The molecule has 0 unspecified atom stereocenters. The van der Waals surface area contributed by atoms with Gasteiger partial charge < -0.3 is 10.1 Å². The second-order valence-corrected chi connectivity index (χ2v) is 6.25. The standard InChI is InChI=1S/C20H15ClN4O2/c21-15-8-9-18(25-13-22-12-23-25)17(10-15)24-20(26)11-27-19-7-3-5-14-4-1-2-6-16(14)19/h1-10,12-13H,11H2,(H,24,26). The van der Waals surface area contributed by atoms with Crippen LogP contribution in [0.2, 0.25) is 5.02 Å². The number of carbonyl (C=O) groups is 1. The average Bonchev–Trinajstić information content (AvgIpc) is 3.21. The van der Waals surface area contributed by atoms with Gasteiger partial charge in [-0.05, 0) is 29.7 Å². The number of anilines is 1. The zero-order valence-electron chi connectivity index (χ0n) is 14.2. The van der Waals surface area contributed by atoms with Gasteiger partial charge in [0.2, 0.25) is 0 Å². The molecule has 0 atom stereocenters. The lowest BCUT2D eigenvalue weighted by molar-refractivity contribution is -0.118. The molecule has 0 bridgehead atoms. The van der Waals surface area contributed by atoms with Crippen LogP contribution in [0.1, 0.15) is 0 Å². The predicted molar refractivity (Wildman–Crippen MR) is 104 cm³/mol. The van der Waals surface area contributed by atoms with Crippen LogP contribution >= 0.6 is 11.6 Å². The van der Waals surface area contributed by atoms with Crippen molar-refractivity contribution in [2.75, 3.05) is 11.9 Å². The summed E-state index contributed by atoms with van der Waals surface area (Å²) < 4.78 is 7.29. The summed E-state index contributed by atoms with van der Waals surface area (Å²) in [7, 11) is 0. The first-order valence-electron chi connectivity index (χ1n) is 8.26. The molecule has 1 aromatic heterocycles. The van der Waals surface area contributed by atoms with Gasteiger partial charge in [-0.1, -0.05) is 48.0 Å². The molecule has 0 saturated heterocycles. The number of fused-ring (bicyclic) bond motifs is 1. The van der Waals surface area contributed by atoms with Gasteiger partial charge in [0.05, 0.1) is 11.4 Å². The maximum Gasteiger partial charge on any atom is 0.262 e. The maximum atomic E-state index is 12.4. The highest BCUT2D eigenvalue weighted by molar-refractivity contribution is 6.31. The number of nitrogens with one attached hydrogen (secondary N) is 1. The minimum Gasteiger partial charge on any atom is -0.483 e. The van der Waals surface area contributed by atoms with Gasteiger partial charge in [-0.2, -0.15) is 5.10 Å². The predicted octanol–water partition coefficient (Wildman–Crippen LogP) is 4.09. The lowest BCUT2D eigenvalue weighted by Gasteiger charge is -2.13. The van der Waals surface area contributed by atoms with Crippen molar-refractivity contribution in [3.05, 3.63) is 78.3 Å². The number of carbonyl (C=O) groups excluding carboxylic acids is 1. The lowest BCUT2D eigenvalue weighted by Crippen LogP contribution is -2.21. The number of hydrogen-bond acceptors (Lipinski definition) is 4. The van der Waals surface area contributed by atoms with Crippen molar-refractivity contribution in [2.24, 2.45) is 0 Å². The van der Waals surface area contributed by atoms with E-state index in [0.717, 1.165) is 10.8 Å². The molecule has 7 heteroatoms. The molecular formula is C20H15ClN4O2. The van der Waals surface area contributed by atoms with Crippen molar-refractivity contribution in [3.63, 3.8) is 0 Å². The zero-order valence-corrected chi connectivity index (χ0v) is 14.9. The van der Waals surface area contributed by atoms with E-state index in [4.69, 9.17) is 16.3 Å². The van der Waals surface area contributed by atoms with E-state index < -0.39 is 0 Å². The second-order valence-electron chi connectivity index (χ2n) is 5.82. The SMILES string of the molecule is O=C(COc1cccc2ccccc12)Nc1cc(Cl)ccc1-n1cncn1. The van der Waals surface area contributed by atoms with Crippen LogP contribution in [0.3, 0.4) is 0 Å². The maximum absolute atomic E-state index is 12.4. The first-order chi connectivity index (χ1) is 13.2. The smallest absolute Gasteiger partial charge is 0.262 e. The van der Waals surface area contributed by atoms with Gasteiger partial charge in [-0.15, -0.1) is 0 Å². The zero-order chi connectivity index (χ0) is 18.6. The fourth-order valence-corrected chi connectivity index (χ4v) is 2.96. The topological polar surface area (TPSA) is 69.0 Å². The summed E-state index contributed by atoms with van der Waals surface area (Å²) in [5, 5.41) is 9.43. The number of aromatic nitrogens is 3. The third-order valence-corrected chi connectivity index (χ3v) is 4.24. The summed E-state index contributed by atoms with van der Waals surface area (Å²) in [6.45, 7) is -0.128. The van der Waals surface area contributed by atoms with Crippen LogP contribution in [0.15, 0.2) is 73.3 Å². The van der Waals surface area contributed by atoms with Crippen molar-refractivity contribution in [2.45, 2.75) is 0 Å². The molecule has 4 rings (SSSR count). The molecule has 134 valence electrons. The Balaban J connectivity index is 1.51. The Hall–Kier alpha value is -3.38. The lowest BCUT2D eigenvalue weighted by atomic mass is 10.1. The van der Waals surface area contributed by atoms with Gasteiger partial charge in [0, 0.05) is 10.4 Å². The van der Waals surface area contributed by atoms with Crippen molar-refractivity contribution < 1.29 is 9.53 Å². The van der Waals surface area contributed by atoms with Crippen LogP contribution in [0.4, 0.5) is 5.69 Å². The number of halogens is 1. The van der Waals surface area contributed by atoms with Crippen molar-refractivity contribution >= 4 is 34.0 Å². The summed E-state index contributed by atoms with van der Waals surface area (Å²) in [5.41, 5.74) is 1.19. The third-order valence-electron chi connectivity index (χ3n) is 4.01. The van der Waals surface area contributed by atoms with Gasteiger partial charge in [0.15, 0.2) is 6.61 Å². The average molecular weight is 379 g/mol. The molecule has 3 aromatic carbocycles. The van der Waals surface area contributed by atoms with E-state index in [9.17, 15) is 4.79 Å². The van der Waals surface area contributed by atoms with E-state index in [1.807, 2.05) is 42.5 Å². The molecule has 0 fully saturated rings. The molecule has 6 nitrogen and oxygen atoms in total. The van der Waals surface area contributed by atoms with E-state index in [-0.39, 0.29) is 12.5 Å². The highest BCUT2D eigenvalue weighted by Gasteiger charge is 2.11. The minimum absolute atomic E-state index is 0.128. The number of nitrogens with zero attached hydrogens (tertiary/aromatic N) is 3. The summed E-state index contributed by atoms with van der Waals surface area (Å²) >= 11 is 6.07. The first kappa shape index (κ1) is 17.1. The quantitative estimate of drug-likeness (QED) is 0.568. The van der Waals surface area contributed by atoms with Crippen molar-refractivity contribution in [1.82, 2.24) is 14.8 Å². The van der Waals surface area contributed by atoms with Gasteiger partial charge in [-0.25, -0.2) is 9.67 Å². The number of rotatable bonds is 5. The summed E-state index contributed by atoms with van der Waals surface area (Å²) in [5.74, 6) is 0.359. The number of ether oxygens (including phenoxy) is 1. The second kappa shape index (κ2) is 7.47. The van der Waals surface area contributed by atoms with Crippen LogP contribution in [0, 0.1) is 0 Å². The highest BCUT2D eigenvalue weighted by atomic mass is 35.5. The Labute approximate surface area is 160 Å². The molecule has 0 spiro atoms. The van der Waals surface area contributed by atoms with E-state index in [1.165, 1.54) is 6.33 Å². The van der Waals surface area contributed by atoms with Crippen molar-refractivity contribution in [3.8, 4) is 11.4 Å². The fourth-order valence-electron chi connectivity index (χ4n) is 2.79. The first-order valence-corrected chi connectivity index (χ1v) is 8.63. The summed E-state index contributed by atoms with van der Waals surface area (Å²) in [6, 6.07) is 18.7. The van der Waals surface area contributed by atoms with Crippen LogP contribution < -0.4 is 10.1 Å². The number of benzene rings is 3. The van der Waals surface area contributed by atoms with Gasteiger partial charge >= 0.3 is 0 Å². The molecule has 1 N–H and O–H groups in total. The molecule has 0 aliphatic carbocycles. The van der Waals surface area contributed by atoms with Gasteiger partial charge in [0.1, 0.15) is 18.4 Å². The fraction of sp³-hybridized carbons (Fsp3) is 0.0500. The van der Waals surface area contributed by atoms with E-state index >= 15 is 0 Å². The summed E-state index contributed by atoms with van der Waals surface area (Å²) in [6.07, 6.45) is 2.97. The molecule has 0 aliphatic heterocycles. The Morgan fingerprint density at radius 3 is 2.81 bits per heavy atom. The number of hydrogen-bond donors (Lipinski definition) is 1. The van der Waals surface area contributed by atoms with Crippen LogP contribution in [0.5, 0.6) is 5.75 Å². The van der Waals surface area contributed by atoms with E-state index in [0.29, 0.717) is 22.1 Å². The van der Waals surface area contributed by atoms with Crippen molar-refractivity contribution in [1.29, 1.82) is 0 Å². The molecule has 4 aromatic rings. The molecular weight excluding hydrogens is 364 g/mol. The van der Waals surface area contributed by atoms with E-state index in [1.54, 1.807) is 29.2 Å². The van der Waals surface area contributed by atoms with Crippen LogP contribution in [0.25, 0.3) is 16.5 Å². The normalized spacial score (nSPS) is 10.7. The van der Waals surface area contributed by atoms with Crippen LogP contribution in [-0.2, 0) is 4.79 Å². The Bertz CT molecular complexity index is 1090. The van der Waals surface area contributed by atoms with E-state index in [2.05, 4.69) is 15.4 Å². The van der Waals surface area contributed by atoms with Gasteiger partial charge in [-0.3, -0.25) is 4.79 Å².